The zero-order valence-electron chi connectivity index (χ0n) is 12.0. The number of amides is 1. The van der Waals surface area contributed by atoms with Crippen LogP contribution in [0, 0.1) is 5.82 Å². The van der Waals surface area contributed by atoms with Crippen LogP contribution in [-0.4, -0.2) is 19.5 Å². The van der Waals surface area contributed by atoms with Crippen LogP contribution in [0.4, 0.5) is 10.1 Å². The summed E-state index contributed by atoms with van der Waals surface area (Å²) in [4.78, 5) is 12.9. The highest BCUT2D eigenvalue weighted by atomic mass is 35.5. The standard InChI is InChI=1S/C16H15Cl2FN2O/c1-21(9-11-5-2-3-7-13(11)19)10-15(22)20-14-8-4-6-12(17)16(14)18/h2-8H,9-10H2,1H3,(H,20,22)/p+1. The lowest BCUT2D eigenvalue weighted by molar-refractivity contribution is -0.885. The average molecular weight is 342 g/mol. The van der Waals surface area contributed by atoms with E-state index in [0.717, 1.165) is 4.90 Å². The van der Waals surface area contributed by atoms with E-state index in [1.165, 1.54) is 6.07 Å². The minimum atomic E-state index is -0.264. The lowest BCUT2D eigenvalue weighted by Gasteiger charge is -2.15. The Kier molecular flexibility index (Phi) is 5.77. The summed E-state index contributed by atoms with van der Waals surface area (Å²) in [5.41, 5.74) is 1.05. The first-order valence-corrected chi connectivity index (χ1v) is 7.51. The number of anilines is 1. The monoisotopic (exact) mass is 341 g/mol. The van der Waals surface area contributed by atoms with E-state index in [9.17, 15) is 9.18 Å². The molecule has 0 aliphatic rings. The number of likely N-dealkylation sites (N-methyl/N-ethyl adjacent to an activating group) is 1. The molecule has 0 radical (unpaired) electrons. The van der Waals surface area contributed by atoms with Crippen molar-refractivity contribution in [2.24, 2.45) is 0 Å². The predicted molar refractivity (Wildman–Crippen MR) is 86.9 cm³/mol. The van der Waals surface area contributed by atoms with E-state index in [0.29, 0.717) is 27.8 Å². The number of quaternary nitrogens is 1. The minimum absolute atomic E-state index is 0.192. The van der Waals surface area contributed by atoms with Crippen molar-refractivity contribution in [1.82, 2.24) is 0 Å². The number of hydrogen-bond acceptors (Lipinski definition) is 1. The van der Waals surface area contributed by atoms with Gasteiger partial charge in [-0.1, -0.05) is 47.5 Å². The number of carbonyl (C=O) groups is 1. The molecular weight excluding hydrogens is 326 g/mol. The van der Waals surface area contributed by atoms with Crippen LogP contribution in [0.25, 0.3) is 0 Å². The molecule has 2 N–H and O–H groups in total. The van der Waals surface area contributed by atoms with E-state index in [4.69, 9.17) is 23.2 Å². The Labute approximate surface area is 138 Å². The smallest absolute Gasteiger partial charge is 0.279 e. The Morgan fingerprint density at radius 3 is 2.64 bits per heavy atom. The van der Waals surface area contributed by atoms with Gasteiger partial charge in [0, 0.05) is 5.56 Å². The van der Waals surface area contributed by atoms with E-state index in [1.54, 1.807) is 36.4 Å². The molecule has 0 aromatic heterocycles. The third-order valence-electron chi connectivity index (χ3n) is 3.14. The lowest BCUT2D eigenvalue weighted by Crippen LogP contribution is -3.08. The summed E-state index contributed by atoms with van der Waals surface area (Å²) >= 11 is 11.9. The number of halogens is 3. The Morgan fingerprint density at radius 2 is 1.91 bits per heavy atom. The fraction of sp³-hybridized carbons (Fsp3) is 0.188. The molecule has 1 amide bonds. The fourth-order valence-electron chi connectivity index (χ4n) is 2.10. The molecule has 0 aliphatic carbocycles. The van der Waals surface area contributed by atoms with Crippen LogP contribution >= 0.6 is 23.2 Å². The van der Waals surface area contributed by atoms with Crippen LogP contribution < -0.4 is 10.2 Å². The van der Waals surface area contributed by atoms with Crippen molar-refractivity contribution in [3.05, 3.63) is 63.9 Å². The molecule has 0 saturated heterocycles. The van der Waals surface area contributed by atoms with Crippen LogP contribution in [0.2, 0.25) is 10.0 Å². The molecule has 0 saturated carbocycles. The highest BCUT2D eigenvalue weighted by molar-refractivity contribution is 6.43. The second-order valence-corrected chi connectivity index (χ2v) is 5.84. The largest absolute Gasteiger partial charge is 0.326 e. The highest BCUT2D eigenvalue weighted by Gasteiger charge is 2.14. The molecule has 0 heterocycles. The summed E-state index contributed by atoms with van der Waals surface area (Å²) in [6.45, 7) is 0.612. The van der Waals surface area contributed by atoms with Crippen LogP contribution in [-0.2, 0) is 11.3 Å². The van der Waals surface area contributed by atoms with Crippen LogP contribution in [0.3, 0.4) is 0 Å². The van der Waals surface area contributed by atoms with Gasteiger partial charge in [-0.3, -0.25) is 4.79 Å². The van der Waals surface area contributed by atoms with Gasteiger partial charge in [-0.2, -0.15) is 0 Å². The molecular formula is C16H16Cl2FN2O+. The van der Waals surface area contributed by atoms with Gasteiger partial charge in [-0.05, 0) is 18.2 Å². The molecule has 6 heteroatoms. The van der Waals surface area contributed by atoms with Gasteiger partial charge in [0.05, 0.1) is 22.8 Å². The van der Waals surface area contributed by atoms with Crippen molar-refractivity contribution in [3.63, 3.8) is 0 Å². The van der Waals surface area contributed by atoms with Crippen molar-refractivity contribution in [3.8, 4) is 0 Å². The van der Waals surface area contributed by atoms with E-state index in [2.05, 4.69) is 5.32 Å². The first kappa shape index (κ1) is 16.7. The molecule has 2 rings (SSSR count). The third kappa shape index (κ3) is 4.44. The van der Waals surface area contributed by atoms with Crippen molar-refractivity contribution in [1.29, 1.82) is 0 Å². The fourth-order valence-corrected chi connectivity index (χ4v) is 2.45. The Morgan fingerprint density at radius 1 is 1.18 bits per heavy atom. The molecule has 1 atom stereocenters. The topological polar surface area (TPSA) is 33.5 Å². The normalized spacial score (nSPS) is 12.0. The Balaban J connectivity index is 1.94. The van der Waals surface area contributed by atoms with Crippen LogP contribution in [0.1, 0.15) is 5.56 Å². The number of carbonyl (C=O) groups excluding carboxylic acids is 1. The Hall–Kier alpha value is -1.62. The van der Waals surface area contributed by atoms with Crippen molar-refractivity contribution >= 4 is 34.8 Å². The van der Waals surface area contributed by atoms with Crippen molar-refractivity contribution in [2.75, 3.05) is 18.9 Å². The average Bonchev–Trinajstić information content (AvgIpc) is 2.46. The van der Waals surface area contributed by atoms with Gasteiger partial charge in [0.1, 0.15) is 12.4 Å². The van der Waals surface area contributed by atoms with Crippen LogP contribution in [0.15, 0.2) is 42.5 Å². The highest BCUT2D eigenvalue weighted by Crippen LogP contribution is 2.29. The minimum Gasteiger partial charge on any atom is -0.326 e. The molecule has 0 bridgehead atoms. The van der Waals surface area contributed by atoms with Gasteiger partial charge >= 0.3 is 0 Å². The van der Waals surface area contributed by atoms with E-state index in [-0.39, 0.29) is 18.3 Å². The quantitative estimate of drug-likeness (QED) is 0.861. The maximum Gasteiger partial charge on any atom is 0.279 e. The summed E-state index contributed by atoms with van der Waals surface area (Å²) in [5.74, 6) is -0.474. The first-order valence-electron chi connectivity index (χ1n) is 6.76. The van der Waals surface area contributed by atoms with Crippen LogP contribution in [0.5, 0.6) is 0 Å². The van der Waals surface area contributed by atoms with Gasteiger partial charge in [0.25, 0.3) is 5.91 Å². The summed E-state index contributed by atoms with van der Waals surface area (Å²) < 4.78 is 13.6. The predicted octanol–water partition coefficient (Wildman–Crippen LogP) is 2.79. The summed E-state index contributed by atoms with van der Waals surface area (Å²) in [6.07, 6.45) is 0. The van der Waals surface area contributed by atoms with E-state index in [1.807, 2.05) is 7.05 Å². The zero-order chi connectivity index (χ0) is 16.1. The van der Waals surface area contributed by atoms with E-state index >= 15 is 0 Å². The molecule has 116 valence electrons. The maximum atomic E-state index is 13.6. The van der Waals surface area contributed by atoms with Crippen molar-refractivity contribution in [2.45, 2.75) is 6.54 Å². The van der Waals surface area contributed by atoms with Gasteiger partial charge < -0.3 is 10.2 Å². The van der Waals surface area contributed by atoms with E-state index < -0.39 is 0 Å². The second-order valence-electron chi connectivity index (χ2n) is 5.05. The van der Waals surface area contributed by atoms with Crippen molar-refractivity contribution < 1.29 is 14.1 Å². The number of nitrogens with one attached hydrogen (secondary N) is 2. The molecule has 1 unspecified atom stereocenters. The lowest BCUT2D eigenvalue weighted by atomic mass is 10.2. The molecule has 0 fully saturated rings. The van der Waals surface area contributed by atoms with Gasteiger partial charge in [-0.15, -0.1) is 0 Å². The third-order valence-corrected chi connectivity index (χ3v) is 3.96. The summed E-state index contributed by atoms with van der Waals surface area (Å²) in [7, 11) is 1.82. The number of benzene rings is 2. The number of hydrogen-bond donors (Lipinski definition) is 2. The molecule has 2 aromatic carbocycles. The Bertz CT molecular complexity index is 679. The zero-order valence-corrected chi connectivity index (χ0v) is 13.5. The molecule has 3 nitrogen and oxygen atoms in total. The maximum absolute atomic E-state index is 13.6. The molecule has 22 heavy (non-hydrogen) atoms. The number of rotatable bonds is 5. The van der Waals surface area contributed by atoms with Gasteiger partial charge in [-0.25, -0.2) is 4.39 Å². The SMILES string of the molecule is C[NH+](CC(=O)Nc1cccc(Cl)c1Cl)Cc1ccccc1F. The summed E-state index contributed by atoms with van der Waals surface area (Å²) in [5, 5.41) is 3.40. The first-order chi connectivity index (χ1) is 10.5. The molecule has 2 aromatic rings. The second kappa shape index (κ2) is 7.58. The molecule has 0 spiro atoms. The summed E-state index contributed by atoms with van der Waals surface area (Å²) in [6, 6.07) is 11.6. The van der Waals surface area contributed by atoms with Gasteiger partial charge in [0.2, 0.25) is 0 Å². The van der Waals surface area contributed by atoms with Gasteiger partial charge in [0.15, 0.2) is 6.54 Å². The molecule has 0 aliphatic heterocycles.